The smallest absolute Gasteiger partial charge is 0.191 e. The third-order valence-electron chi connectivity index (χ3n) is 5.89. The quantitative estimate of drug-likeness (QED) is 0.259. The van der Waals surface area contributed by atoms with Crippen LogP contribution in [0.3, 0.4) is 0 Å². The van der Waals surface area contributed by atoms with Gasteiger partial charge in [-0.25, -0.2) is 4.99 Å². The molecule has 0 aliphatic carbocycles. The molecule has 1 aliphatic rings. The number of guanidine groups is 1. The second kappa shape index (κ2) is 13.7. The van der Waals surface area contributed by atoms with Gasteiger partial charge in [0.25, 0.3) is 0 Å². The first kappa shape index (κ1) is 26.4. The third-order valence-corrected chi connectivity index (χ3v) is 5.89. The number of nitrogens with one attached hydrogen (secondary N) is 2. The van der Waals surface area contributed by atoms with Gasteiger partial charge in [0.1, 0.15) is 11.5 Å². The molecule has 1 unspecified atom stereocenters. The normalized spacial score (nSPS) is 15.3. The fourth-order valence-electron chi connectivity index (χ4n) is 4.15. The Kier molecular flexibility index (Phi) is 11.3. The lowest BCUT2D eigenvalue weighted by Gasteiger charge is -2.29. The van der Waals surface area contributed by atoms with Crippen molar-refractivity contribution in [3.8, 4) is 5.75 Å². The van der Waals surface area contributed by atoms with E-state index in [1.165, 1.54) is 18.4 Å². The number of aliphatic imine (C=N–C) groups is 1. The molecule has 8 heteroatoms. The van der Waals surface area contributed by atoms with Crippen LogP contribution in [0.15, 0.2) is 33.8 Å². The molecule has 1 aromatic heterocycles. The van der Waals surface area contributed by atoms with Crippen LogP contribution in [0.4, 0.5) is 0 Å². The molecule has 0 bridgehead atoms. The Morgan fingerprint density at radius 3 is 2.44 bits per heavy atom. The molecule has 1 aromatic carbocycles. The van der Waals surface area contributed by atoms with E-state index in [2.05, 4.69) is 53.6 Å². The monoisotopic (exact) mass is 555 g/mol. The summed E-state index contributed by atoms with van der Waals surface area (Å²) in [5.41, 5.74) is 3.42. The molecule has 0 spiro atoms. The van der Waals surface area contributed by atoms with Gasteiger partial charge in [0.2, 0.25) is 0 Å². The second-order valence-electron chi connectivity index (χ2n) is 7.85. The van der Waals surface area contributed by atoms with Gasteiger partial charge in [0.05, 0.1) is 25.4 Å². The Hall–Kier alpha value is -1.81. The van der Waals surface area contributed by atoms with E-state index in [1.54, 1.807) is 7.11 Å². The van der Waals surface area contributed by atoms with Crippen molar-refractivity contribution in [1.82, 2.24) is 20.7 Å². The molecule has 2 heterocycles. The number of benzene rings is 1. The van der Waals surface area contributed by atoms with Crippen LogP contribution in [0.25, 0.3) is 0 Å². The van der Waals surface area contributed by atoms with Gasteiger partial charge in [-0.05, 0) is 57.0 Å². The number of rotatable bonds is 10. The van der Waals surface area contributed by atoms with Gasteiger partial charge < -0.3 is 19.9 Å². The Morgan fingerprint density at radius 2 is 1.84 bits per heavy atom. The van der Waals surface area contributed by atoms with Crippen molar-refractivity contribution in [2.75, 3.05) is 33.3 Å². The zero-order valence-electron chi connectivity index (χ0n) is 19.8. The highest BCUT2D eigenvalue weighted by atomic mass is 127. The lowest BCUT2D eigenvalue weighted by molar-refractivity contribution is 0.245. The molecule has 2 aromatic rings. The van der Waals surface area contributed by atoms with E-state index >= 15 is 0 Å². The van der Waals surface area contributed by atoms with E-state index in [9.17, 15) is 0 Å². The molecule has 0 radical (unpaired) electrons. The van der Waals surface area contributed by atoms with Gasteiger partial charge in [-0.3, -0.25) is 4.90 Å². The van der Waals surface area contributed by atoms with E-state index in [0.717, 1.165) is 67.7 Å². The van der Waals surface area contributed by atoms with Crippen LogP contribution in [0.5, 0.6) is 5.75 Å². The number of halogens is 1. The molecule has 0 amide bonds. The minimum absolute atomic E-state index is 0. The number of aromatic nitrogens is 1. The molecule has 32 heavy (non-hydrogen) atoms. The second-order valence-corrected chi connectivity index (χ2v) is 7.85. The van der Waals surface area contributed by atoms with E-state index in [0.29, 0.717) is 12.6 Å². The first-order valence-electron chi connectivity index (χ1n) is 11.6. The van der Waals surface area contributed by atoms with E-state index < -0.39 is 0 Å². The Bertz CT molecular complexity index is 810. The maximum absolute atomic E-state index is 5.49. The summed E-state index contributed by atoms with van der Waals surface area (Å²) in [6, 6.07) is 8.73. The molecule has 0 saturated carbocycles. The molecule has 1 atom stereocenters. The van der Waals surface area contributed by atoms with Crippen LogP contribution in [0.1, 0.15) is 62.2 Å². The van der Waals surface area contributed by atoms with Crippen LogP contribution in [-0.4, -0.2) is 49.3 Å². The highest BCUT2D eigenvalue weighted by Crippen LogP contribution is 2.26. The molecule has 1 fully saturated rings. The molecule has 3 rings (SSSR count). The number of likely N-dealkylation sites (tertiary alicyclic amines) is 1. The predicted molar refractivity (Wildman–Crippen MR) is 140 cm³/mol. The van der Waals surface area contributed by atoms with Gasteiger partial charge in [0.15, 0.2) is 5.96 Å². The SMILES string of the molecule is CCNC(=NCc1c(CC)noc1CC)NCC(c1ccc(OC)cc1)N1CCCC1.I. The maximum Gasteiger partial charge on any atom is 0.191 e. The van der Waals surface area contributed by atoms with Crippen molar-refractivity contribution < 1.29 is 9.26 Å². The zero-order valence-corrected chi connectivity index (χ0v) is 22.1. The number of hydrogen-bond donors (Lipinski definition) is 2. The summed E-state index contributed by atoms with van der Waals surface area (Å²) in [5, 5.41) is 11.2. The molecule has 2 N–H and O–H groups in total. The summed E-state index contributed by atoms with van der Waals surface area (Å²) in [6.07, 6.45) is 4.20. The fourth-order valence-corrected chi connectivity index (χ4v) is 4.15. The number of ether oxygens (including phenoxy) is 1. The lowest BCUT2D eigenvalue weighted by atomic mass is 10.1. The topological polar surface area (TPSA) is 74.9 Å². The zero-order chi connectivity index (χ0) is 22.1. The molecule has 178 valence electrons. The predicted octanol–water partition coefficient (Wildman–Crippen LogP) is 4.32. The van der Waals surface area contributed by atoms with Gasteiger partial charge >= 0.3 is 0 Å². The molecular weight excluding hydrogens is 517 g/mol. The average molecular weight is 556 g/mol. The van der Waals surface area contributed by atoms with Crippen molar-refractivity contribution in [2.45, 2.75) is 59.0 Å². The standard InChI is InChI=1S/C24H37N5O2.HI/c1-5-21-20(23(6-2)31-28-21)16-26-24(25-7-3)27-17-22(29-14-8-9-15-29)18-10-12-19(30-4)13-11-18;/h10-13,22H,5-9,14-17H2,1-4H3,(H2,25,26,27);1H. The van der Waals surface area contributed by atoms with Gasteiger partial charge in [-0.15, -0.1) is 24.0 Å². The Labute approximate surface area is 209 Å². The minimum atomic E-state index is 0. The van der Waals surface area contributed by atoms with Gasteiger partial charge in [-0.1, -0.05) is 31.1 Å². The molecule has 7 nitrogen and oxygen atoms in total. The van der Waals surface area contributed by atoms with E-state index in [1.807, 2.05) is 12.1 Å². The lowest BCUT2D eigenvalue weighted by Crippen LogP contribution is -2.42. The summed E-state index contributed by atoms with van der Waals surface area (Å²) < 4.78 is 10.8. The van der Waals surface area contributed by atoms with Crippen LogP contribution in [0, 0.1) is 0 Å². The third kappa shape index (κ3) is 6.84. The summed E-state index contributed by atoms with van der Waals surface area (Å²) in [4.78, 5) is 7.41. The van der Waals surface area contributed by atoms with Crippen LogP contribution < -0.4 is 15.4 Å². The van der Waals surface area contributed by atoms with Gasteiger partial charge in [0, 0.05) is 25.1 Å². The van der Waals surface area contributed by atoms with Crippen LogP contribution in [-0.2, 0) is 19.4 Å². The van der Waals surface area contributed by atoms with E-state index in [4.69, 9.17) is 14.3 Å². The molecular formula is C24H38IN5O2. The Morgan fingerprint density at radius 1 is 1.12 bits per heavy atom. The van der Waals surface area contributed by atoms with Crippen LogP contribution in [0.2, 0.25) is 0 Å². The highest BCUT2D eigenvalue weighted by molar-refractivity contribution is 14.0. The van der Waals surface area contributed by atoms with Crippen molar-refractivity contribution in [3.05, 3.63) is 46.8 Å². The van der Waals surface area contributed by atoms with Crippen molar-refractivity contribution in [1.29, 1.82) is 0 Å². The molecule has 1 aliphatic heterocycles. The largest absolute Gasteiger partial charge is 0.497 e. The summed E-state index contributed by atoms with van der Waals surface area (Å²) >= 11 is 0. The van der Waals surface area contributed by atoms with Crippen molar-refractivity contribution in [3.63, 3.8) is 0 Å². The number of methoxy groups -OCH3 is 1. The number of nitrogens with zero attached hydrogens (tertiary/aromatic N) is 3. The fraction of sp³-hybridized carbons (Fsp3) is 0.583. The van der Waals surface area contributed by atoms with Crippen molar-refractivity contribution >= 4 is 29.9 Å². The van der Waals surface area contributed by atoms with E-state index in [-0.39, 0.29) is 24.0 Å². The first-order chi connectivity index (χ1) is 15.2. The van der Waals surface area contributed by atoms with Crippen LogP contribution >= 0.6 is 24.0 Å². The number of aryl methyl sites for hydroxylation is 2. The average Bonchev–Trinajstić information content (AvgIpc) is 3.47. The first-order valence-corrected chi connectivity index (χ1v) is 11.6. The summed E-state index contributed by atoms with van der Waals surface area (Å²) in [5.74, 6) is 2.65. The Balaban J connectivity index is 0.00000363. The summed E-state index contributed by atoms with van der Waals surface area (Å²) in [7, 11) is 1.71. The van der Waals surface area contributed by atoms with Gasteiger partial charge in [-0.2, -0.15) is 0 Å². The van der Waals surface area contributed by atoms with Crippen molar-refractivity contribution in [2.24, 2.45) is 4.99 Å². The summed E-state index contributed by atoms with van der Waals surface area (Å²) in [6.45, 7) is 10.7. The number of hydrogen-bond acceptors (Lipinski definition) is 5. The maximum atomic E-state index is 5.49. The molecule has 1 saturated heterocycles. The minimum Gasteiger partial charge on any atom is -0.497 e. The highest BCUT2D eigenvalue weighted by Gasteiger charge is 2.24.